The summed E-state index contributed by atoms with van der Waals surface area (Å²) < 4.78 is 13.0. The number of nitrogens with zero attached hydrogens (tertiary/aromatic N) is 5. The molecule has 0 bridgehead atoms. The second kappa shape index (κ2) is 14.7. The van der Waals surface area contributed by atoms with Crippen molar-refractivity contribution < 1.29 is 8.83 Å². The van der Waals surface area contributed by atoms with Gasteiger partial charge in [-0.3, -0.25) is 0 Å². The van der Waals surface area contributed by atoms with E-state index in [-0.39, 0.29) is 6.17 Å². The van der Waals surface area contributed by atoms with Crippen LogP contribution in [0.4, 0.5) is 0 Å². The molecule has 8 aromatic carbocycles. The van der Waals surface area contributed by atoms with E-state index in [0.29, 0.717) is 23.3 Å². The van der Waals surface area contributed by atoms with Gasteiger partial charge in [0.2, 0.25) is 0 Å². The van der Waals surface area contributed by atoms with Crippen molar-refractivity contribution in [2.24, 2.45) is 9.98 Å². The number of aromatic nitrogens is 3. The molecule has 0 aliphatic carbocycles. The van der Waals surface area contributed by atoms with Crippen molar-refractivity contribution in [1.82, 2.24) is 20.3 Å². The second-order valence-corrected chi connectivity index (χ2v) is 15.2. The number of para-hydroxylation sites is 3. The smallest absolute Gasteiger partial charge is 0.167 e. The highest BCUT2D eigenvalue weighted by molar-refractivity contribution is 6.17. The van der Waals surface area contributed by atoms with E-state index in [0.717, 1.165) is 94.2 Å². The van der Waals surface area contributed by atoms with Crippen LogP contribution in [0.15, 0.2) is 213 Å². The minimum absolute atomic E-state index is 0.307. The number of aliphatic imine (C=N–C) groups is 2. The van der Waals surface area contributed by atoms with E-state index in [9.17, 15) is 0 Å². The van der Waals surface area contributed by atoms with Gasteiger partial charge in [0, 0.05) is 49.4 Å². The molecule has 1 aliphatic rings. The highest BCUT2D eigenvalue weighted by atomic mass is 16.3. The summed E-state index contributed by atoms with van der Waals surface area (Å²) in [5.41, 5.74) is 10.5. The fourth-order valence-corrected chi connectivity index (χ4v) is 8.47. The van der Waals surface area contributed by atoms with Gasteiger partial charge in [0.05, 0.1) is 5.56 Å². The number of furan rings is 2. The molecule has 12 rings (SSSR count). The Morgan fingerprint density at radius 3 is 1.76 bits per heavy atom. The zero-order valence-corrected chi connectivity index (χ0v) is 33.1. The third-order valence-electron chi connectivity index (χ3n) is 11.4. The Balaban J connectivity index is 1.04. The van der Waals surface area contributed by atoms with E-state index in [2.05, 4.69) is 66.0 Å². The summed E-state index contributed by atoms with van der Waals surface area (Å²) in [5, 5.41) is 7.63. The molecule has 8 nitrogen and oxygen atoms in total. The first-order chi connectivity index (χ1) is 30.7. The van der Waals surface area contributed by atoms with Crippen molar-refractivity contribution in [3.8, 4) is 45.3 Å². The van der Waals surface area contributed by atoms with E-state index in [1.54, 1.807) is 0 Å². The lowest BCUT2D eigenvalue weighted by molar-refractivity contribution is 0.669. The van der Waals surface area contributed by atoms with E-state index < -0.39 is 0 Å². The van der Waals surface area contributed by atoms with Crippen LogP contribution in [-0.2, 0) is 0 Å². The molecule has 4 heterocycles. The summed E-state index contributed by atoms with van der Waals surface area (Å²) >= 11 is 0. The van der Waals surface area contributed by atoms with Crippen LogP contribution >= 0.6 is 0 Å². The molecular formula is C54H34N6O2. The van der Waals surface area contributed by atoms with Gasteiger partial charge in [0.1, 0.15) is 34.3 Å². The van der Waals surface area contributed by atoms with Crippen LogP contribution in [0.25, 0.3) is 89.2 Å². The van der Waals surface area contributed by atoms with E-state index >= 15 is 0 Å². The van der Waals surface area contributed by atoms with Crippen molar-refractivity contribution in [1.29, 1.82) is 0 Å². The monoisotopic (exact) mass is 798 g/mol. The lowest BCUT2D eigenvalue weighted by Gasteiger charge is -2.23. The molecule has 0 saturated heterocycles. The molecule has 11 aromatic rings. The number of amidine groups is 2. The van der Waals surface area contributed by atoms with Crippen LogP contribution in [0.3, 0.4) is 0 Å². The Kier molecular flexibility index (Phi) is 8.38. The van der Waals surface area contributed by atoms with Crippen molar-refractivity contribution in [2.45, 2.75) is 6.17 Å². The number of rotatable bonds is 7. The average Bonchev–Trinajstić information content (AvgIpc) is 3.93. The summed E-state index contributed by atoms with van der Waals surface area (Å²) in [6, 6.07) is 65.3. The maximum atomic E-state index is 6.51. The molecule has 0 fully saturated rings. The molecule has 0 amide bonds. The van der Waals surface area contributed by atoms with Gasteiger partial charge in [-0.25, -0.2) is 24.9 Å². The maximum Gasteiger partial charge on any atom is 0.167 e. The fraction of sp³-hybridized carbons (Fsp3) is 0.0185. The molecular weight excluding hydrogens is 765 g/mol. The summed E-state index contributed by atoms with van der Waals surface area (Å²) in [6.07, 6.45) is -0.307. The van der Waals surface area contributed by atoms with Crippen LogP contribution in [-0.4, -0.2) is 26.6 Å². The van der Waals surface area contributed by atoms with E-state index in [4.69, 9.17) is 33.8 Å². The summed E-state index contributed by atoms with van der Waals surface area (Å²) in [4.78, 5) is 25.7. The third-order valence-corrected chi connectivity index (χ3v) is 11.4. The van der Waals surface area contributed by atoms with E-state index in [1.165, 1.54) is 0 Å². The number of hydrogen-bond acceptors (Lipinski definition) is 8. The summed E-state index contributed by atoms with van der Waals surface area (Å²) in [7, 11) is 0. The maximum absolute atomic E-state index is 6.51. The van der Waals surface area contributed by atoms with Crippen molar-refractivity contribution in [2.75, 3.05) is 0 Å². The van der Waals surface area contributed by atoms with Crippen LogP contribution < -0.4 is 5.32 Å². The number of fused-ring (bicyclic) bond motifs is 6. The molecule has 292 valence electrons. The Labute approximate surface area is 355 Å². The number of hydrogen-bond donors (Lipinski definition) is 1. The van der Waals surface area contributed by atoms with Gasteiger partial charge in [0.25, 0.3) is 0 Å². The lowest BCUT2D eigenvalue weighted by atomic mass is 9.93. The van der Waals surface area contributed by atoms with Crippen LogP contribution in [0.1, 0.15) is 22.9 Å². The van der Waals surface area contributed by atoms with Crippen LogP contribution in [0.2, 0.25) is 0 Å². The largest absolute Gasteiger partial charge is 0.456 e. The van der Waals surface area contributed by atoms with Gasteiger partial charge < -0.3 is 14.2 Å². The summed E-state index contributed by atoms with van der Waals surface area (Å²) in [5.74, 6) is 3.01. The molecule has 1 aliphatic heterocycles. The van der Waals surface area contributed by atoms with Crippen molar-refractivity contribution >= 4 is 55.5 Å². The first-order valence-electron chi connectivity index (χ1n) is 20.5. The fourth-order valence-electron chi connectivity index (χ4n) is 8.47. The predicted molar refractivity (Wildman–Crippen MR) is 248 cm³/mol. The Morgan fingerprint density at radius 1 is 0.403 bits per heavy atom. The van der Waals surface area contributed by atoms with Gasteiger partial charge in [-0.05, 0) is 41.5 Å². The average molecular weight is 799 g/mol. The molecule has 1 N–H and O–H groups in total. The molecule has 0 saturated carbocycles. The van der Waals surface area contributed by atoms with Gasteiger partial charge in [0.15, 0.2) is 23.3 Å². The minimum Gasteiger partial charge on any atom is -0.456 e. The van der Waals surface area contributed by atoms with Gasteiger partial charge in [-0.1, -0.05) is 164 Å². The predicted octanol–water partition coefficient (Wildman–Crippen LogP) is 12.8. The Hall–Kier alpha value is -8.49. The van der Waals surface area contributed by atoms with Gasteiger partial charge >= 0.3 is 0 Å². The van der Waals surface area contributed by atoms with Crippen LogP contribution in [0.5, 0.6) is 0 Å². The number of benzene rings is 8. The van der Waals surface area contributed by atoms with Gasteiger partial charge in [-0.2, -0.15) is 0 Å². The zero-order valence-electron chi connectivity index (χ0n) is 33.1. The zero-order chi connectivity index (χ0) is 41.0. The highest BCUT2D eigenvalue weighted by Gasteiger charge is 2.24. The highest BCUT2D eigenvalue weighted by Crippen LogP contribution is 2.43. The molecule has 8 heteroatoms. The van der Waals surface area contributed by atoms with Crippen molar-refractivity contribution in [3.05, 3.63) is 211 Å². The first kappa shape index (κ1) is 35.5. The topological polar surface area (TPSA) is 102 Å². The van der Waals surface area contributed by atoms with E-state index in [1.807, 2.05) is 133 Å². The molecule has 3 aromatic heterocycles. The normalized spacial score (nSPS) is 14.0. The van der Waals surface area contributed by atoms with Gasteiger partial charge in [-0.15, -0.1) is 0 Å². The Morgan fingerprint density at radius 2 is 1.00 bits per heavy atom. The molecule has 0 spiro atoms. The lowest BCUT2D eigenvalue weighted by Crippen LogP contribution is -2.33. The second-order valence-electron chi connectivity index (χ2n) is 15.2. The third kappa shape index (κ3) is 6.12. The minimum atomic E-state index is -0.307. The summed E-state index contributed by atoms with van der Waals surface area (Å²) in [6.45, 7) is 0. The standard InChI is InChI=1S/C54H34N6O2/c1-4-15-34(16-5-1)49-55-50(35-17-6-2-7-18-35)57-52(56-49)37-29-27-33(28-30-37)46-41(31-32-45-47(46)40-22-11-13-26-44(40)61-45)53-58-51(36-19-8-3-9-20-36)59-54(60-53)42-24-14-23-39-38-21-10-12-25-43(38)62-48(39)42/h1-32,49H,(H,55,56,57). The Bertz CT molecular complexity index is 3540. The van der Waals surface area contributed by atoms with Crippen molar-refractivity contribution in [3.63, 3.8) is 0 Å². The van der Waals surface area contributed by atoms with Crippen LogP contribution in [0, 0.1) is 0 Å². The molecule has 0 radical (unpaired) electrons. The first-order valence-corrected chi connectivity index (χ1v) is 20.5. The molecule has 1 atom stereocenters. The number of nitrogens with one attached hydrogen (secondary N) is 1. The SMILES string of the molecule is c1ccc(C2=NC(c3ccccc3)NC(c3ccc(-c4c(-c5nc(-c6ccccc6)nc(-c6cccc7c6oc6ccccc67)n5)ccc5oc6ccccc6c45)cc3)=N2)cc1. The molecule has 62 heavy (non-hydrogen) atoms. The molecule has 1 unspecified atom stereocenters. The quantitative estimate of drug-likeness (QED) is 0.172.